The number of rotatable bonds is 15. The van der Waals surface area contributed by atoms with Gasteiger partial charge in [-0.2, -0.15) is 22.0 Å². The summed E-state index contributed by atoms with van der Waals surface area (Å²) in [7, 11) is -1.43. The molecule has 0 spiro atoms. The molecule has 0 radical (unpaired) electrons. The molecule has 48 heavy (non-hydrogen) atoms. The van der Waals surface area contributed by atoms with E-state index in [-0.39, 0.29) is 17.3 Å². The van der Waals surface area contributed by atoms with Crippen molar-refractivity contribution in [3.8, 4) is 17.2 Å². The Hall–Kier alpha value is -4.18. The minimum Gasteiger partial charge on any atom is -0.508 e. The zero-order valence-corrected chi connectivity index (χ0v) is 27.6. The molecule has 0 heterocycles. The summed E-state index contributed by atoms with van der Waals surface area (Å²) in [4.78, 5) is 0. The number of halogens is 5. The molecule has 4 rings (SSSR count). The molecule has 0 saturated heterocycles. The lowest BCUT2D eigenvalue weighted by Gasteiger charge is -2.19. The molecule has 0 aliphatic heterocycles. The summed E-state index contributed by atoms with van der Waals surface area (Å²) in [5.41, 5.74) is 5.37. The van der Waals surface area contributed by atoms with E-state index in [2.05, 4.69) is 19.1 Å². The van der Waals surface area contributed by atoms with Crippen molar-refractivity contribution in [2.45, 2.75) is 57.5 Å². The number of para-hydroxylation sites is 1. The van der Waals surface area contributed by atoms with Gasteiger partial charge in [0.25, 0.3) is 0 Å². The van der Waals surface area contributed by atoms with Gasteiger partial charge in [0.2, 0.25) is 0 Å². The first-order valence-electron chi connectivity index (χ1n) is 15.8. The maximum absolute atomic E-state index is 12.9. The van der Waals surface area contributed by atoms with Crippen LogP contribution in [0.4, 0.5) is 22.0 Å². The normalized spacial score (nSPS) is 12.8. The Morgan fingerprint density at radius 2 is 1.17 bits per heavy atom. The molecule has 0 aromatic heterocycles. The van der Waals surface area contributed by atoms with Crippen LogP contribution in [0.25, 0.3) is 11.1 Å². The smallest absolute Gasteiger partial charge is 0.453 e. The number of hydrogen-bond donors (Lipinski definition) is 2. The number of ether oxygens (including phenoxy) is 1. The Balaban J connectivity index is 0.000000789. The Kier molecular flexibility index (Phi) is 15.1. The molecular formula is C38H41F5O4S. The minimum absolute atomic E-state index is 0.168. The van der Waals surface area contributed by atoms with Crippen molar-refractivity contribution < 1.29 is 41.1 Å². The van der Waals surface area contributed by atoms with E-state index in [1.165, 1.54) is 5.57 Å². The average molecular weight is 689 g/mol. The van der Waals surface area contributed by atoms with E-state index in [1.807, 2.05) is 60.7 Å². The molecule has 0 amide bonds. The van der Waals surface area contributed by atoms with Gasteiger partial charge in [-0.3, -0.25) is 4.21 Å². The van der Waals surface area contributed by atoms with Crippen LogP contribution in [0.3, 0.4) is 0 Å². The van der Waals surface area contributed by atoms with Crippen LogP contribution in [0.15, 0.2) is 109 Å². The van der Waals surface area contributed by atoms with E-state index in [0.717, 1.165) is 28.7 Å². The number of allylic oxidation sites excluding steroid dienone is 1. The Bertz CT molecular complexity index is 1560. The van der Waals surface area contributed by atoms with E-state index in [0.29, 0.717) is 37.4 Å². The van der Waals surface area contributed by atoms with Crippen LogP contribution >= 0.6 is 0 Å². The standard InChI is InChI=1S/C32H35F5O3S.C6H6O/c1-2-29(24-10-5-3-6-11-24)30(25-12-16-27(38)17-13-25)26-14-18-28(19-15-26)40-21-7-4-8-22-41(39)23-9-20-31(33,34)32(35,36)37;7-6-4-2-1-3-5-6/h3,5-6,10-19,38H,2,4,7-9,20-23H2,1H3;1-5,7H. The van der Waals surface area contributed by atoms with E-state index in [4.69, 9.17) is 9.84 Å². The second-order valence-corrected chi connectivity index (χ2v) is 12.7. The van der Waals surface area contributed by atoms with Crippen LogP contribution in [0, 0.1) is 0 Å². The average Bonchev–Trinajstić information content (AvgIpc) is 3.06. The van der Waals surface area contributed by atoms with Gasteiger partial charge in [0.05, 0.1) is 6.61 Å². The zero-order valence-electron chi connectivity index (χ0n) is 26.8. The molecule has 258 valence electrons. The fraction of sp³-hybridized carbons (Fsp3) is 0.316. The van der Waals surface area contributed by atoms with Crippen molar-refractivity contribution in [1.82, 2.24) is 0 Å². The van der Waals surface area contributed by atoms with Gasteiger partial charge in [0.1, 0.15) is 17.2 Å². The second kappa shape index (κ2) is 19.0. The minimum atomic E-state index is -5.57. The van der Waals surface area contributed by atoms with Crippen LogP contribution < -0.4 is 4.74 Å². The van der Waals surface area contributed by atoms with Gasteiger partial charge >= 0.3 is 12.1 Å². The Morgan fingerprint density at radius 1 is 0.646 bits per heavy atom. The molecule has 4 aromatic rings. The van der Waals surface area contributed by atoms with Crippen molar-refractivity contribution in [3.63, 3.8) is 0 Å². The van der Waals surface area contributed by atoms with Gasteiger partial charge in [-0.1, -0.05) is 79.7 Å². The lowest BCUT2D eigenvalue weighted by atomic mass is 9.88. The number of phenolic OH excluding ortho intramolecular Hbond substituents is 2. The first-order chi connectivity index (χ1) is 22.9. The van der Waals surface area contributed by atoms with Crippen LogP contribution in [0.2, 0.25) is 0 Å². The molecule has 0 fully saturated rings. The summed E-state index contributed by atoms with van der Waals surface area (Å²) in [5.74, 6) is -3.42. The summed E-state index contributed by atoms with van der Waals surface area (Å²) in [6.45, 7) is 2.55. The monoisotopic (exact) mass is 688 g/mol. The van der Waals surface area contributed by atoms with Crippen LogP contribution in [0.1, 0.15) is 62.1 Å². The van der Waals surface area contributed by atoms with Crippen molar-refractivity contribution in [2.24, 2.45) is 0 Å². The first-order valence-corrected chi connectivity index (χ1v) is 17.2. The number of unbranched alkanes of at least 4 members (excludes halogenated alkanes) is 2. The van der Waals surface area contributed by atoms with Crippen molar-refractivity contribution in [2.75, 3.05) is 18.1 Å². The van der Waals surface area contributed by atoms with Crippen molar-refractivity contribution >= 4 is 21.9 Å². The first kappa shape index (κ1) is 38.3. The predicted octanol–water partition coefficient (Wildman–Crippen LogP) is 10.4. The summed E-state index contributed by atoms with van der Waals surface area (Å²) in [6.07, 6.45) is -4.57. The molecule has 2 N–H and O–H groups in total. The van der Waals surface area contributed by atoms with E-state index in [9.17, 15) is 31.3 Å². The maximum atomic E-state index is 12.9. The van der Waals surface area contributed by atoms with Gasteiger partial charge in [0, 0.05) is 28.7 Å². The molecule has 4 aromatic carbocycles. The van der Waals surface area contributed by atoms with Gasteiger partial charge in [-0.25, -0.2) is 0 Å². The zero-order chi connectivity index (χ0) is 35.0. The third kappa shape index (κ3) is 12.4. The SMILES string of the molecule is CCC(=C(c1ccc(O)cc1)c1ccc(OCCCCCS(=O)CCCC(F)(F)C(F)(F)F)cc1)c1ccccc1.Oc1ccccc1. The Labute approximate surface area is 281 Å². The summed E-state index contributed by atoms with van der Waals surface area (Å²) in [5, 5.41) is 18.4. The third-order valence-corrected chi connectivity index (χ3v) is 8.88. The summed E-state index contributed by atoms with van der Waals surface area (Å²) >= 11 is 0. The highest BCUT2D eigenvalue weighted by molar-refractivity contribution is 7.84. The predicted molar refractivity (Wildman–Crippen MR) is 183 cm³/mol. The number of phenols is 2. The number of hydrogen-bond acceptors (Lipinski definition) is 4. The van der Waals surface area contributed by atoms with Gasteiger partial charge in [0.15, 0.2) is 0 Å². The van der Waals surface area contributed by atoms with E-state index < -0.39 is 35.7 Å². The fourth-order valence-corrected chi connectivity index (χ4v) is 6.08. The number of alkyl halides is 5. The van der Waals surface area contributed by atoms with Gasteiger partial charge < -0.3 is 14.9 Å². The van der Waals surface area contributed by atoms with Gasteiger partial charge in [-0.15, -0.1) is 0 Å². The topological polar surface area (TPSA) is 66.8 Å². The molecule has 10 heteroatoms. The molecule has 0 saturated carbocycles. The van der Waals surface area contributed by atoms with Crippen LogP contribution in [-0.4, -0.2) is 44.6 Å². The lowest BCUT2D eigenvalue weighted by molar-refractivity contribution is -0.284. The highest BCUT2D eigenvalue weighted by Gasteiger charge is 2.56. The van der Waals surface area contributed by atoms with Crippen LogP contribution in [0.5, 0.6) is 17.2 Å². The van der Waals surface area contributed by atoms with Crippen molar-refractivity contribution in [3.05, 3.63) is 126 Å². The fourth-order valence-electron chi connectivity index (χ4n) is 4.88. The quantitative estimate of drug-likeness (QED) is 0.0741. The molecular weight excluding hydrogens is 647 g/mol. The molecule has 0 aliphatic carbocycles. The van der Waals surface area contributed by atoms with Crippen molar-refractivity contribution in [1.29, 1.82) is 0 Å². The Morgan fingerprint density at radius 3 is 1.69 bits per heavy atom. The molecule has 1 atom stereocenters. The van der Waals surface area contributed by atoms with Crippen LogP contribution in [-0.2, 0) is 10.8 Å². The number of benzene rings is 4. The van der Waals surface area contributed by atoms with Gasteiger partial charge in [-0.05, 0) is 96.3 Å². The molecule has 0 aliphatic rings. The number of aromatic hydroxyl groups is 2. The summed E-state index contributed by atoms with van der Waals surface area (Å²) < 4.78 is 80.3. The molecule has 1 unspecified atom stereocenters. The maximum Gasteiger partial charge on any atom is 0.453 e. The molecule has 4 nitrogen and oxygen atoms in total. The van der Waals surface area contributed by atoms with E-state index in [1.54, 1.807) is 36.4 Å². The molecule has 0 bridgehead atoms. The van der Waals surface area contributed by atoms with E-state index >= 15 is 0 Å². The largest absolute Gasteiger partial charge is 0.508 e. The highest BCUT2D eigenvalue weighted by atomic mass is 32.2. The third-order valence-electron chi connectivity index (χ3n) is 7.40. The lowest BCUT2D eigenvalue weighted by Crippen LogP contribution is -2.36. The second-order valence-electron chi connectivity index (χ2n) is 11.0. The highest BCUT2D eigenvalue weighted by Crippen LogP contribution is 2.39. The summed E-state index contributed by atoms with van der Waals surface area (Å²) in [6, 6.07) is 33.8.